The van der Waals surface area contributed by atoms with Gasteiger partial charge in [0.1, 0.15) is 5.75 Å². The highest BCUT2D eigenvalue weighted by molar-refractivity contribution is 7.99. The lowest BCUT2D eigenvalue weighted by atomic mass is 10.2. The normalized spacial score (nSPS) is 10.8. The Labute approximate surface area is 133 Å². The second kappa shape index (κ2) is 6.23. The van der Waals surface area contributed by atoms with Crippen molar-refractivity contribution in [2.75, 3.05) is 5.75 Å². The minimum atomic E-state index is -0.341. The molecule has 3 rings (SSSR count). The Morgan fingerprint density at radius 1 is 1.27 bits per heavy atom. The zero-order valence-corrected chi connectivity index (χ0v) is 13.3. The number of esters is 1. The van der Waals surface area contributed by atoms with E-state index in [-0.39, 0.29) is 5.97 Å². The number of hydrogen-bond acceptors (Lipinski definition) is 4. The molecule has 0 saturated heterocycles. The van der Waals surface area contributed by atoms with Crippen molar-refractivity contribution >= 4 is 28.8 Å². The summed E-state index contributed by atoms with van der Waals surface area (Å²) in [6.07, 6.45) is 1.74. The molecule has 1 heterocycles. The van der Waals surface area contributed by atoms with E-state index in [2.05, 4.69) is 11.9 Å². The number of fused-ring (bicyclic) bond motifs is 1. The summed E-state index contributed by atoms with van der Waals surface area (Å²) >= 11 is 1.63. The van der Waals surface area contributed by atoms with E-state index >= 15 is 0 Å². The van der Waals surface area contributed by atoms with Gasteiger partial charge in [0.2, 0.25) is 0 Å². The predicted octanol–water partition coefficient (Wildman–Crippen LogP) is 3.90. The molecule has 112 valence electrons. The molecule has 5 heteroatoms. The quantitative estimate of drug-likeness (QED) is 0.416. The van der Waals surface area contributed by atoms with Crippen molar-refractivity contribution in [2.24, 2.45) is 7.05 Å². The summed E-state index contributed by atoms with van der Waals surface area (Å²) in [6.45, 7) is 2.06. The molecule has 0 unspecified atom stereocenters. The number of ether oxygens (including phenoxy) is 1. The maximum Gasteiger partial charge on any atom is 0.344 e. The Balaban J connectivity index is 1.86. The van der Waals surface area contributed by atoms with Crippen LogP contribution in [0.25, 0.3) is 11.0 Å². The average molecular weight is 312 g/mol. The minimum Gasteiger partial charge on any atom is -0.423 e. The van der Waals surface area contributed by atoms with Gasteiger partial charge in [-0.2, -0.15) is 0 Å². The first-order chi connectivity index (χ1) is 10.7. The molecule has 0 amide bonds. The van der Waals surface area contributed by atoms with E-state index in [1.165, 1.54) is 0 Å². The number of aryl methyl sites for hydroxylation is 1. The number of hydrogen-bond donors (Lipinski definition) is 0. The number of nitrogens with zero attached hydrogens (tertiary/aromatic N) is 2. The van der Waals surface area contributed by atoms with Gasteiger partial charge in [-0.15, -0.1) is 11.8 Å². The lowest BCUT2D eigenvalue weighted by Gasteiger charge is -2.08. The fourth-order valence-corrected chi connectivity index (χ4v) is 3.05. The van der Waals surface area contributed by atoms with Crippen molar-refractivity contribution in [3.05, 3.63) is 54.4 Å². The van der Waals surface area contributed by atoms with Gasteiger partial charge in [-0.1, -0.05) is 19.1 Å². The van der Waals surface area contributed by atoms with Crippen LogP contribution in [0.3, 0.4) is 0 Å². The number of carbonyl (C=O) groups excluding carboxylic acids is 1. The second-order valence-electron chi connectivity index (χ2n) is 4.82. The van der Waals surface area contributed by atoms with Crippen molar-refractivity contribution in [3.8, 4) is 5.75 Å². The van der Waals surface area contributed by atoms with Crippen LogP contribution >= 0.6 is 11.8 Å². The summed E-state index contributed by atoms with van der Waals surface area (Å²) in [6, 6.07) is 13.0. The van der Waals surface area contributed by atoms with Crippen LogP contribution in [0.4, 0.5) is 0 Å². The predicted molar refractivity (Wildman–Crippen MR) is 88.5 cm³/mol. The lowest BCUT2D eigenvalue weighted by Crippen LogP contribution is -2.09. The van der Waals surface area contributed by atoms with E-state index in [1.54, 1.807) is 36.3 Å². The number of aromatic nitrogens is 2. The molecular formula is C17H16N2O2S. The zero-order valence-electron chi connectivity index (χ0n) is 12.4. The molecule has 0 atom stereocenters. The van der Waals surface area contributed by atoms with E-state index in [0.717, 1.165) is 21.7 Å². The van der Waals surface area contributed by atoms with Gasteiger partial charge in [-0.3, -0.25) is 0 Å². The van der Waals surface area contributed by atoms with E-state index in [1.807, 2.05) is 35.9 Å². The highest BCUT2D eigenvalue weighted by Crippen LogP contribution is 2.25. The highest BCUT2D eigenvalue weighted by Gasteiger charge is 2.14. The van der Waals surface area contributed by atoms with Crippen molar-refractivity contribution in [2.45, 2.75) is 11.8 Å². The monoisotopic (exact) mass is 312 g/mol. The molecular weight excluding hydrogens is 296 g/mol. The third-order valence-corrected chi connectivity index (χ3v) is 4.27. The lowest BCUT2D eigenvalue weighted by molar-refractivity contribution is 0.0731. The molecule has 0 aliphatic rings. The van der Waals surface area contributed by atoms with Crippen LogP contribution in [-0.2, 0) is 7.05 Å². The highest BCUT2D eigenvalue weighted by atomic mass is 32.2. The van der Waals surface area contributed by atoms with Crippen LogP contribution in [0.5, 0.6) is 5.75 Å². The first-order valence-corrected chi connectivity index (χ1v) is 8.02. The van der Waals surface area contributed by atoms with Crippen LogP contribution in [-0.4, -0.2) is 21.3 Å². The number of rotatable bonds is 4. The van der Waals surface area contributed by atoms with Crippen molar-refractivity contribution in [3.63, 3.8) is 0 Å². The topological polar surface area (TPSA) is 44.1 Å². The van der Waals surface area contributed by atoms with Gasteiger partial charge >= 0.3 is 5.97 Å². The van der Waals surface area contributed by atoms with Crippen LogP contribution in [0, 0.1) is 0 Å². The Hall–Kier alpha value is -2.27. The summed E-state index contributed by atoms with van der Waals surface area (Å²) < 4.78 is 7.43. The first-order valence-electron chi connectivity index (χ1n) is 7.04. The number of thioether (sulfide) groups is 1. The molecule has 1 aromatic heterocycles. The Bertz CT molecular complexity index is 826. The van der Waals surface area contributed by atoms with E-state index in [9.17, 15) is 4.79 Å². The number of imidazole rings is 1. The van der Waals surface area contributed by atoms with Crippen LogP contribution in [0.2, 0.25) is 0 Å². The summed E-state index contributed by atoms with van der Waals surface area (Å²) in [5.74, 6) is 1.07. The van der Waals surface area contributed by atoms with Gasteiger partial charge in [0.25, 0.3) is 0 Å². The summed E-state index contributed by atoms with van der Waals surface area (Å²) in [5, 5.41) is 0. The molecule has 0 N–H and O–H groups in total. The Morgan fingerprint density at radius 3 is 2.91 bits per heavy atom. The molecule has 0 fully saturated rings. The fourth-order valence-electron chi connectivity index (χ4n) is 2.26. The van der Waals surface area contributed by atoms with E-state index < -0.39 is 0 Å². The van der Waals surface area contributed by atoms with E-state index in [4.69, 9.17) is 4.74 Å². The fraction of sp³-hybridized carbons (Fsp3) is 0.176. The smallest absolute Gasteiger partial charge is 0.344 e. The van der Waals surface area contributed by atoms with Gasteiger partial charge in [0.15, 0.2) is 0 Å². The number of carbonyl (C=O) groups is 1. The van der Waals surface area contributed by atoms with Crippen LogP contribution < -0.4 is 4.74 Å². The SMILES string of the molecule is CCSc1ccccc1C(=O)Oc1ccc2c(c1)ncn2C. The second-order valence-corrected chi connectivity index (χ2v) is 6.13. The van der Waals surface area contributed by atoms with Gasteiger partial charge < -0.3 is 9.30 Å². The first kappa shape index (κ1) is 14.7. The van der Waals surface area contributed by atoms with Crippen LogP contribution in [0.1, 0.15) is 17.3 Å². The van der Waals surface area contributed by atoms with Crippen molar-refractivity contribution < 1.29 is 9.53 Å². The van der Waals surface area contributed by atoms with Gasteiger partial charge in [0, 0.05) is 18.0 Å². The maximum absolute atomic E-state index is 12.4. The molecule has 0 aliphatic heterocycles. The van der Waals surface area contributed by atoms with Gasteiger partial charge in [-0.05, 0) is 30.0 Å². The number of benzene rings is 2. The summed E-state index contributed by atoms with van der Waals surface area (Å²) in [4.78, 5) is 17.6. The third-order valence-electron chi connectivity index (χ3n) is 3.31. The zero-order chi connectivity index (χ0) is 15.5. The molecule has 4 nitrogen and oxygen atoms in total. The average Bonchev–Trinajstić information content (AvgIpc) is 2.89. The molecule has 0 saturated carbocycles. The third kappa shape index (κ3) is 2.85. The van der Waals surface area contributed by atoms with Crippen molar-refractivity contribution in [1.82, 2.24) is 9.55 Å². The maximum atomic E-state index is 12.4. The van der Waals surface area contributed by atoms with E-state index in [0.29, 0.717) is 11.3 Å². The molecule has 0 spiro atoms. The Kier molecular flexibility index (Phi) is 4.15. The molecule has 2 aromatic carbocycles. The molecule has 3 aromatic rings. The van der Waals surface area contributed by atoms with Gasteiger partial charge in [0.05, 0.1) is 22.9 Å². The van der Waals surface area contributed by atoms with Gasteiger partial charge in [-0.25, -0.2) is 9.78 Å². The molecule has 0 radical (unpaired) electrons. The largest absolute Gasteiger partial charge is 0.423 e. The summed E-state index contributed by atoms with van der Waals surface area (Å²) in [5.41, 5.74) is 2.40. The minimum absolute atomic E-state index is 0.341. The standard InChI is InChI=1S/C17H16N2O2S/c1-3-22-16-7-5-4-6-13(16)17(20)21-12-8-9-15-14(10-12)18-11-19(15)2/h4-11H,3H2,1-2H3. The molecule has 22 heavy (non-hydrogen) atoms. The Morgan fingerprint density at radius 2 is 2.09 bits per heavy atom. The molecule has 0 bridgehead atoms. The van der Waals surface area contributed by atoms with Crippen LogP contribution in [0.15, 0.2) is 53.7 Å². The molecule has 0 aliphatic carbocycles. The van der Waals surface area contributed by atoms with Crippen molar-refractivity contribution in [1.29, 1.82) is 0 Å². The summed E-state index contributed by atoms with van der Waals surface area (Å²) in [7, 11) is 1.93.